The molecule has 1 aliphatic rings. The van der Waals surface area contributed by atoms with E-state index in [9.17, 15) is 14.7 Å². The zero-order valence-electron chi connectivity index (χ0n) is 16.3. The molecule has 0 aromatic heterocycles. The van der Waals surface area contributed by atoms with Gasteiger partial charge in [0.2, 0.25) is 0 Å². The minimum Gasteiger partial charge on any atom is -0.469 e. The van der Waals surface area contributed by atoms with Crippen LogP contribution in [0.2, 0.25) is 0 Å². The SMILES string of the molecule is COC(=O)[C@H](C(NC(=O)OCc1ccccc1)C(C)=C1SCCCS1)[C@@H](C)O. The first-order chi connectivity index (χ1) is 13.4. The van der Waals surface area contributed by atoms with Crippen molar-refractivity contribution in [3.8, 4) is 0 Å². The Bertz CT molecular complexity index is 685. The largest absolute Gasteiger partial charge is 0.469 e. The molecular formula is C20H27NO5S2. The van der Waals surface area contributed by atoms with Gasteiger partial charge in [-0.05, 0) is 42.9 Å². The van der Waals surface area contributed by atoms with Gasteiger partial charge in [-0.1, -0.05) is 30.3 Å². The number of aliphatic hydroxyl groups excluding tert-OH is 1. The fraction of sp³-hybridized carbons (Fsp3) is 0.500. The normalized spacial score (nSPS) is 17.2. The van der Waals surface area contributed by atoms with Crippen LogP contribution in [-0.4, -0.2) is 47.9 Å². The van der Waals surface area contributed by atoms with Crippen molar-refractivity contribution in [3.63, 3.8) is 0 Å². The number of aliphatic hydroxyl groups is 1. The van der Waals surface area contributed by atoms with Crippen LogP contribution in [-0.2, 0) is 20.9 Å². The van der Waals surface area contributed by atoms with Gasteiger partial charge in [0.1, 0.15) is 12.5 Å². The Balaban J connectivity index is 2.19. The molecule has 154 valence electrons. The fourth-order valence-corrected chi connectivity index (χ4v) is 5.57. The van der Waals surface area contributed by atoms with Crippen LogP contribution >= 0.6 is 23.5 Å². The van der Waals surface area contributed by atoms with E-state index in [0.29, 0.717) is 0 Å². The predicted octanol–water partition coefficient (Wildman–Crippen LogP) is 3.55. The molecule has 2 N–H and O–H groups in total. The molecule has 1 saturated heterocycles. The molecule has 1 aromatic carbocycles. The minimum atomic E-state index is -0.999. The second kappa shape index (κ2) is 11.4. The van der Waals surface area contributed by atoms with Gasteiger partial charge in [-0.2, -0.15) is 0 Å². The summed E-state index contributed by atoms with van der Waals surface area (Å²) in [4.78, 5) is 24.8. The molecule has 0 bridgehead atoms. The van der Waals surface area contributed by atoms with Gasteiger partial charge in [-0.3, -0.25) is 4.79 Å². The predicted molar refractivity (Wildman–Crippen MR) is 113 cm³/mol. The van der Waals surface area contributed by atoms with Gasteiger partial charge < -0.3 is 19.9 Å². The third-order valence-corrected chi connectivity index (χ3v) is 7.24. The first kappa shape index (κ1) is 22.6. The number of rotatable bonds is 7. The summed E-state index contributed by atoms with van der Waals surface area (Å²) in [6.07, 6.45) is -0.532. The van der Waals surface area contributed by atoms with Gasteiger partial charge in [0.15, 0.2) is 0 Å². The lowest BCUT2D eigenvalue weighted by Gasteiger charge is -2.30. The van der Waals surface area contributed by atoms with Crippen molar-refractivity contribution in [2.75, 3.05) is 18.6 Å². The fourth-order valence-electron chi connectivity index (χ4n) is 2.89. The van der Waals surface area contributed by atoms with Crippen molar-refractivity contribution in [2.45, 2.75) is 39.0 Å². The summed E-state index contributed by atoms with van der Waals surface area (Å²) in [7, 11) is 1.27. The maximum Gasteiger partial charge on any atom is 0.407 e. The van der Waals surface area contributed by atoms with Gasteiger partial charge in [-0.15, -0.1) is 23.5 Å². The quantitative estimate of drug-likeness (QED) is 0.646. The van der Waals surface area contributed by atoms with Crippen LogP contribution in [0.4, 0.5) is 4.79 Å². The molecule has 0 saturated carbocycles. The third kappa shape index (κ3) is 6.46. The summed E-state index contributed by atoms with van der Waals surface area (Å²) in [5.74, 6) is 0.476. The van der Waals surface area contributed by atoms with Gasteiger partial charge in [0.05, 0.1) is 19.3 Å². The minimum absolute atomic E-state index is 0.121. The second-order valence-electron chi connectivity index (χ2n) is 6.49. The zero-order chi connectivity index (χ0) is 20.5. The molecule has 1 heterocycles. The summed E-state index contributed by atoms with van der Waals surface area (Å²) < 4.78 is 11.3. The summed E-state index contributed by atoms with van der Waals surface area (Å²) in [6, 6.07) is 8.63. The highest BCUT2D eigenvalue weighted by Crippen LogP contribution is 2.39. The molecule has 2 rings (SSSR count). The lowest BCUT2D eigenvalue weighted by atomic mass is 9.90. The highest BCUT2D eigenvalue weighted by molar-refractivity contribution is 8.22. The number of esters is 1. The number of hydrogen-bond acceptors (Lipinski definition) is 7. The number of alkyl carbamates (subject to hydrolysis) is 1. The molecule has 28 heavy (non-hydrogen) atoms. The van der Waals surface area contributed by atoms with Crippen LogP contribution in [0.3, 0.4) is 0 Å². The number of thioether (sulfide) groups is 2. The molecule has 3 atom stereocenters. The Kier molecular flexibility index (Phi) is 9.21. The lowest BCUT2D eigenvalue weighted by molar-refractivity contribution is -0.149. The Morgan fingerprint density at radius 2 is 1.86 bits per heavy atom. The highest BCUT2D eigenvalue weighted by atomic mass is 32.2. The van der Waals surface area contributed by atoms with E-state index in [1.165, 1.54) is 14.0 Å². The Hall–Kier alpha value is -1.64. The molecular weight excluding hydrogens is 398 g/mol. The smallest absolute Gasteiger partial charge is 0.407 e. The van der Waals surface area contributed by atoms with E-state index in [4.69, 9.17) is 9.47 Å². The summed E-state index contributed by atoms with van der Waals surface area (Å²) in [5.41, 5.74) is 1.70. The number of benzene rings is 1. The number of ether oxygens (including phenoxy) is 2. The molecule has 0 radical (unpaired) electrons. The number of methoxy groups -OCH3 is 1. The Labute approximate surface area is 174 Å². The van der Waals surface area contributed by atoms with E-state index >= 15 is 0 Å². The van der Waals surface area contributed by atoms with Crippen molar-refractivity contribution in [3.05, 3.63) is 45.7 Å². The summed E-state index contributed by atoms with van der Waals surface area (Å²) >= 11 is 3.40. The van der Waals surface area contributed by atoms with Crippen LogP contribution in [0, 0.1) is 5.92 Å². The van der Waals surface area contributed by atoms with Crippen LogP contribution in [0.15, 0.2) is 40.1 Å². The number of nitrogens with one attached hydrogen (secondary N) is 1. The Morgan fingerprint density at radius 3 is 2.43 bits per heavy atom. The molecule has 1 fully saturated rings. The van der Waals surface area contributed by atoms with Gasteiger partial charge in [0.25, 0.3) is 0 Å². The third-order valence-electron chi connectivity index (χ3n) is 4.38. The van der Waals surface area contributed by atoms with E-state index in [1.54, 1.807) is 23.5 Å². The number of amides is 1. The average Bonchev–Trinajstić information content (AvgIpc) is 2.72. The maximum atomic E-state index is 12.4. The first-order valence-corrected chi connectivity index (χ1v) is 11.1. The molecule has 1 amide bonds. The number of carbonyl (C=O) groups is 2. The molecule has 1 aromatic rings. The van der Waals surface area contributed by atoms with E-state index in [2.05, 4.69) is 5.32 Å². The lowest BCUT2D eigenvalue weighted by Crippen LogP contribution is -2.49. The molecule has 8 heteroatoms. The van der Waals surface area contributed by atoms with E-state index in [-0.39, 0.29) is 6.61 Å². The number of hydrogen-bond donors (Lipinski definition) is 2. The molecule has 0 aliphatic carbocycles. The summed E-state index contributed by atoms with van der Waals surface area (Å²) in [6.45, 7) is 3.52. The molecule has 6 nitrogen and oxygen atoms in total. The van der Waals surface area contributed by atoms with E-state index in [1.807, 2.05) is 37.3 Å². The number of carbonyl (C=O) groups excluding carboxylic acids is 2. The van der Waals surface area contributed by atoms with E-state index in [0.717, 1.165) is 33.3 Å². The van der Waals surface area contributed by atoms with Gasteiger partial charge in [0, 0.05) is 4.24 Å². The first-order valence-electron chi connectivity index (χ1n) is 9.13. The van der Waals surface area contributed by atoms with Crippen molar-refractivity contribution in [2.24, 2.45) is 5.92 Å². The van der Waals surface area contributed by atoms with Crippen LogP contribution in [0.25, 0.3) is 0 Å². The summed E-state index contributed by atoms with van der Waals surface area (Å²) in [5, 5.41) is 13.0. The van der Waals surface area contributed by atoms with Gasteiger partial charge >= 0.3 is 12.1 Å². The van der Waals surface area contributed by atoms with Crippen LogP contribution in [0.1, 0.15) is 25.8 Å². The second-order valence-corrected chi connectivity index (χ2v) is 8.96. The molecule has 0 spiro atoms. The van der Waals surface area contributed by atoms with Crippen molar-refractivity contribution >= 4 is 35.6 Å². The van der Waals surface area contributed by atoms with Crippen LogP contribution < -0.4 is 5.32 Å². The van der Waals surface area contributed by atoms with Crippen molar-refractivity contribution < 1.29 is 24.2 Å². The molecule has 1 aliphatic heterocycles. The van der Waals surface area contributed by atoms with Crippen molar-refractivity contribution in [1.82, 2.24) is 5.32 Å². The van der Waals surface area contributed by atoms with Gasteiger partial charge in [-0.25, -0.2) is 4.79 Å². The zero-order valence-corrected chi connectivity index (χ0v) is 18.0. The average molecular weight is 426 g/mol. The van der Waals surface area contributed by atoms with E-state index < -0.39 is 30.1 Å². The monoisotopic (exact) mass is 425 g/mol. The maximum absolute atomic E-state index is 12.4. The molecule has 1 unspecified atom stereocenters. The highest BCUT2D eigenvalue weighted by Gasteiger charge is 2.37. The standard InChI is InChI=1S/C20H27NO5S2/c1-13(19-27-10-7-11-28-19)17(16(14(2)22)18(23)25-3)21-20(24)26-12-15-8-5-4-6-9-15/h4-6,8-9,14,16-17,22H,7,10-12H2,1-3H3,(H,21,24)/t14-,16+,17?/m1/s1. The Morgan fingerprint density at radius 1 is 1.21 bits per heavy atom. The topological polar surface area (TPSA) is 84.9 Å². The van der Waals surface area contributed by atoms with Crippen molar-refractivity contribution in [1.29, 1.82) is 0 Å². The van der Waals surface area contributed by atoms with Crippen LogP contribution in [0.5, 0.6) is 0 Å².